The first kappa shape index (κ1) is 66.9. The highest BCUT2D eigenvalue weighted by molar-refractivity contribution is 5.71. The van der Waals surface area contributed by atoms with Gasteiger partial charge in [0.1, 0.15) is 13.2 Å². The van der Waals surface area contributed by atoms with Crippen molar-refractivity contribution in [3.8, 4) is 0 Å². The Bertz CT molecular complexity index is 1110. The third-order valence-electron chi connectivity index (χ3n) is 14.0. The predicted molar refractivity (Wildman–Crippen MR) is 298 cm³/mol. The van der Waals surface area contributed by atoms with Gasteiger partial charge < -0.3 is 14.2 Å². The molecule has 69 heavy (non-hydrogen) atoms. The number of hydrogen-bond donors (Lipinski definition) is 0. The molecule has 0 aliphatic carbocycles. The van der Waals surface area contributed by atoms with E-state index >= 15 is 0 Å². The maximum absolute atomic E-state index is 12.9. The molecule has 0 saturated carbocycles. The van der Waals surface area contributed by atoms with Crippen LogP contribution in [0.25, 0.3) is 0 Å². The highest BCUT2D eigenvalue weighted by Gasteiger charge is 2.19. The van der Waals surface area contributed by atoms with E-state index in [2.05, 4.69) is 45.1 Å². The van der Waals surface area contributed by atoms with Gasteiger partial charge in [0, 0.05) is 19.3 Å². The minimum atomic E-state index is -0.768. The highest BCUT2D eigenvalue weighted by Crippen LogP contribution is 2.17. The molecule has 1 atom stereocenters. The van der Waals surface area contributed by atoms with Crippen LogP contribution in [-0.4, -0.2) is 37.2 Å². The maximum atomic E-state index is 12.9. The minimum absolute atomic E-state index is 0.0662. The van der Waals surface area contributed by atoms with Crippen LogP contribution in [0.3, 0.4) is 0 Å². The van der Waals surface area contributed by atoms with Crippen molar-refractivity contribution >= 4 is 17.9 Å². The van der Waals surface area contributed by atoms with Crippen molar-refractivity contribution in [2.45, 2.75) is 348 Å². The van der Waals surface area contributed by atoms with Crippen LogP contribution >= 0.6 is 0 Å². The van der Waals surface area contributed by atoms with E-state index in [9.17, 15) is 14.4 Å². The number of carbonyl (C=O) groups is 3. The van der Waals surface area contributed by atoms with Crippen LogP contribution in [0.2, 0.25) is 0 Å². The summed E-state index contributed by atoms with van der Waals surface area (Å²) in [6.07, 6.45) is 68.8. The van der Waals surface area contributed by atoms with Gasteiger partial charge >= 0.3 is 17.9 Å². The second-order valence-electron chi connectivity index (χ2n) is 21.0. The standard InChI is InChI=1S/C63H118O6/c1-4-7-10-13-16-19-22-25-28-30-31-33-36-38-41-44-47-50-53-56-62(65)68-59-60(69-63(66)57-54-51-48-45-42-39-34-27-24-21-18-15-12-9-6-3)58-67-61(64)55-52-49-46-43-40-37-35-32-29-26-23-20-17-14-11-8-5-2/h16,19,25,28,60H,4-15,17-18,20-24,26-27,29-59H2,1-3H3/b19-16-,28-25-/t60-/m0/s1. The summed E-state index contributed by atoms with van der Waals surface area (Å²) < 4.78 is 16.9. The number of hydrogen-bond acceptors (Lipinski definition) is 6. The molecule has 0 radical (unpaired) electrons. The lowest BCUT2D eigenvalue weighted by Gasteiger charge is -2.18. The van der Waals surface area contributed by atoms with E-state index < -0.39 is 6.10 Å². The second-order valence-corrected chi connectivity index (χ2v) is 21.0. The zero-order valence-corrected chi connectivity index (χ0v) is 46.6. The molecule has 0 saturated heterocycles. The Labute approximate surface area is 430 Å². The van der Waals surface area contributed by atoms with E-state index in [1.807, 2.05) is 0 Å². The molecule has 0 aromatic carbocycles. The van der Waals surface area contributed by atoms with E-state index in [0.717, 1.165) is 64.2 Å². The van der Waals surface area contributed by atoms with Crippen LogP contribution in [-0.2, 0) is 28.6 Å². The summed E-state index contributed by atoms with van der Waals surface area (Å²) in [5.41, 5.74) is 0. The van der Waals surface area contributed by atoms with E-state index in [0.29, 0.717) is 19.3 Å². The van der Waals surface area contributed by atoms with E-state index in [4.69, 9.17) is 14.2 Å². The molecule has 6 nitrogen and oxygen atoms in total. The second kappa shape index (κ2) is 58.5. The van der Waals surface area contributed by atoms with Crippen molar-refractivity contribution < 1.29 is 28.6 Å². The van der Waals surface area contributed by atoms with Crippen molar-refractivity contribution in [1.29, 1.82) is 0 Å². The molecule has 0 spiro atoms. The molecule has 6 heteroatoms. The molecule has 0 bridgehead atoms. The van der Waals surface area contributed by atoms with Gasteiger partial charge in [0.15, 0.2) is 6.10 Å². The Balaban J connectivity index is 4.31. The van der Waals surface area contributed by atoms with Crippen LogP contribution in [0.1, 0.15) is 342 Å². The Hall–Kier alpha value is -2.11. The lowest BCUT2D eigenvalue weighted by atomic mass is 10.0. The van der Waals surface area contributed by atoms with Gasteiger partial charge in [-0.25, -0.2) is 0 Å². The quantitative estimate of drug-likeness (QED) is 0.0261. The number of rotatable bonds is 57. The molecule has 0 aromatic heterocycles. The van der Waals surface area contributed by atoms with Gasteiger partial charge in [0.05, 0.1) is 0 Å². The van der Waals surface area contributed by atoms with Crippen LogP contribution in [0.5, 0.6) is 0 Å². The summed E-state index contributed by atoms with van der Waals surface area (Å²) in [6, 6.07) is 0. The van der Waals surface area contributed by atoms with Gasteiger partial charge in [-0.05, 0) is 51.4 Å². The van der Waals surface area contributed by atoms with E-state index in [-0.39, 0.29) is 31.1 Å². The number of ether oxygens (including phenoxy) is 3. The number of carbonyl (C=O) groups excluding carboxylic acids is 3. The molecule has 406 valence electrons. The monoisotopic (exact) mass is 971 g/mol. The average molecular weight is 972 g/mol. The molecule has 0 fully saturated rings. The lowest BCUT2D eigenvalue weighted by Crippen LogP contribution is -2.30. The average Bonchev–Trinajstić information content (AvgIpc) is 3.35. The van der Waals surface area contributed by atoms with Crippen LogP contribution < -0.4 is 0 Å². The fourth-order valence-electron chi connectivity index (χ4n) is 9.30. The zero-order valence-electron chi connectivity index (χ0n) is 46.6. The Morgan fingerprint density at radius 3 is 0.826 bits per heavy atom. The Morgan fingerprint density at radius 1 is 0.290 bits per heavy atom. The van der Waals surface area contributed by atoms with Gasteiger partial charge in [-0.2, -0.15) is 0 Å². The summed E-state index contributed by atoms with van der Waals surface area (Å²) in [5.74, 6) is -0.844. The minimum Gasteiger partial charge on any atom is -0.462 e. The fourth-order valence-corrected chi connectivity index (χ4v) is 9.30. The molecule has 0 aliphatic heterocycles. The molecular formula is C63H118O6. The van der Waals surface area contributed by atoms with Crippen molar-refractivity contribution in [3.05, 3.63) is 24.3 Å². The van der Waals surface area contributed by atoms with Crippen molar-refractivity contribution in [2.24, 2.45) is 0 Å². The van der Waals surface area contributed by atoms with E-state index in [1.54, 1.807) is 0 Å². The summed E-state index contributed by atoms with van der Waals surface area (Å²) in [5, 5.41) is 0. The topological polar surface area (TPSA) is 78.9 Å². The largest absolute Gasteiger partial charge is 0.462 e. The third-order valence-corrected chi connectivity index (χ3v) is 14.0. The number of unbranched alkanes of at least 4 members (excludes halogenated alkanes) is 42. The summed E-state index contributed by atoms with van der Waals surface area (Å²) in [6.45, 7) is 6.68. The van der Waals surface area contributed by atoms with Crippen LogP contribution in [0.15, 0.2) is 24.3 Å². The summed E-state index contributed by atoms with van der Waals surface area (Å²) >= 11 is 0. The Kier molecular flexibility index (Phi) is 56.7. The van der Waals surface area contributed by atoms with Gasteiger partial charge in [0.2, 0.25) is 0 Å². The normalized spacial score (nSPS) is 12.1. The molecule has 0 aliphatic rings. The predicted octanol–water partition coefficient (Wildman–Crippen LogP) is 20.7. The molecular weight excluding hydrogens is 853 g/mol. The van der Waals surface area contributed by atoms with Gasteiger partial charge in [-0.3, -0.25) is 14.4 Å². The lowest BCUT2D eigenvalue weighted by molar-refractivity contribution is -0.167. The highest BCUT2D eigenvalue weighted by atomic mass is 16.6. The van der Waals surface area contributed by atoms with Crippen molar-refractivity contribution in [2.75, 3.05) is 13.2 Å². The first-order valence-electron chi connectivity index (χ1n) is 30.8. The molecule has 0 rings (SSSR count). The maximum Gasteiger partial charge on any atom is 0.306 e. The van der Waals surface area contributed by atoms with E-state index in [1.165, 1.54) is 238 Å². The number of esters is 3. The molecule has 0 unspecified atom stereocenters. The zero-order chi connectivity index (χ0) is 50.0. The van der Waals surface area contributed by atoms with Gasteiger partial charge in [-0.15, -0.1) is 0 Å². The summed E-state index contributed by atoms with van der Waals surface area (Å²) in [4.78, 5) is 38.2. The molecule has 0 N–H and O–H groups in total. The first-order chi connectivity index (χ1) is 34.0. The van der Waals surface area contributed by atoms with Gasteiger partial charge in [-0.1, -0.05) is 295 Å². The molecule has 0 amide bonds. The van der Waals surface area contributed by atoms with Crippen LogP contribution in [0, 0.1) is 0 Å². The summed E-state index contributed by atoms with van der Waals surface area (Å²) in [7, 11) is 0. The van der Waals surface area contributed by atoms with Crippen molar-refractivity contribution in [1.82, 2.24) is 0 Å². The smallest absolute Gasteiger partial charge is 0.306 e. The third kappa shape index (κ3) is 56.7. The molecule has 0 aromatic rings. The molecule has 0 heterocycles. The first-order valence-corrected chi connectivity index (χ1v) is 30.8. The van der Waals surface area contributed by atoms with Crippen molar-refractivity contribution in [3.63, 3.8) is 0 Å². The Morgan fingerprint density at radius 2 is 0.522 bits per heavy atom. The van der Waals surface area contributed by atoms with Crippen LogP contribution in [0.4, 0.5) is 0 Å². The fraction of sp³-hybridized carbons (Fsp3) is 0.889. The number of allylic oxidation sites excluding steroid dienone is 4. The van der Waals surface area contributed by atoms with Gasteiger partial charge in [0.25, 0.3) is 0 Å². The SMILES string of the molecule is CCCCC/C=C\C/C=C\CCCCCCCCCCCC(=O)OC[C@H](COC(=O)CCCCCCCCCCCCCCCCCCC)OC(=O)CCCCCCCCCCCCCCCCC.